The average Bonchev–Trinajstić information content (AvgIpc) is 2.87. The minimum absolute atomic E-state index is 0.214. The third-order valence-corrected chi connectivity index (χ3v) is 5.26. The molecule has 2 aliphatic rings. The Hall–Kier alpha value is -1.50. The highest BCUT2D eigenvalue weighted by atomic mass is 16.2. The summed E-state index contributed by atoms with van der Waals surface area (Å²) in [5.74, 6) is 1.55. The molecule has 1 aromatic rings. The van der Waals surface area contributed by atoms with Gasteiger partial charge in [0, 0.05) is 25.6 Å². The normalized spacial score (nSPS) is 21.0. The third-order valence-electron chi connectivity index (χ3n) is 5.26. The average molecular weight is 334 g/mol. The molecular weight excluding hydrogens is 304 g/mol. The minimum atomic E-state index is 0.214. The predicted molar refractivity (Wildman–Crippen MR) is 91.2 cm³/mol. The van der Waals surface area contributed by atoms with E-state index in [9.17, 15) is 4.79 Å². The molecule has 0 bridgehead atoms. The summed E-state index contributed by atoms with van der Waals surface area (Å²) in [4.78, 5) is 17.2. The van der Waals surface area contributed by atoms with E-state index in [0.717, 1.165) is 64.4 Å². The number of aromatic nitrogens is 4. The van der Waals surface area contributed by atoms with Crippen LogP contribution in [0, 0.1) is 5.92 Å². The summed E-state index contributed by atoms with van der Waals surface area (Å²) in [6.45, 7) is 7.64. The molecule has 3 rings (SSSR count). The lowest BCUT2D eigenvalue weighted by molar-refractivity contribution is -0.137. The lowest BCUT2D eigenvalue weighted by Gasteiger charge is -2.33. The summed E-state index contributed by atoms with van der Waals surface area (Å²) in [7, 11) is 0. The van der Waals surface area contributed by atoms with Crippen LogP contribution in [-0.4, -0.2) is 62.1 Å². The number of hydrogen-bond acceptors (Lipinski definition) is 5. The van der Waals surface area contributed by atoms with E-state index in [0.29, 0.717) is 5.91 Å². The first-order chi connectivity index (χ1) is 11.8. The predicted octanol–water partition coefficient (Wildman–Crippen LogP) is 1.70. The zero-order valence-corrected chi connectivity index (χ0v) is 14.9. The number of piperidine rings is 1. The van der Waals surface area contributed by atoms with Crippen molar-refractivity contribution >= 4 is 5.91 Å². The molecule has 0 spiro atoms. The summed E-state index contributed by atoms with van der Waals surface area (Å²) >= 11 is 0. The monoisotopic (exact) mass is 334 g/mol. The smallest absolute Gasteiger partial charge is 0.225 e. The number of amides is 1. The number of carbonyl (C=O) groups is 1. The van der Waals surface area contributed by atoms with Gasteiger partial charge in [0.2, 0.25) is 5.91 Å². The van der Waals surface area contributed by atoms with Gasteiger partial charge in [-0.2, -0.15) is 0 Å². The molecule has 0 atom stereocenters. The summed E-state index contributed by atoms with van der Waals surface area (Å²) < 4.78 is 1.90. The lowest BCUT2D eigenvalue weighted by atomic mass is 9.95. The molecule has 0 radical (unpaired) electrons. The van der Waals surface area contributed by atoms with Crippen LogP contribution in [0.2, 0.25) is 0 Å². The Balaban J connectivity index is 1.48. The molecule has 2 aliphatic heterocycles. The molecule has 2 fully saturated rings. The number of aryl methyl sites for hydroxylation is 1. The molecule has 3 heterocycles. The van der Waals surface area contributed by atoms with Crippen molar-refractivity contribution in [2.24, 2.45) is 5.92 Å². The van der Waals surface area contributed by atoms with Gasteiger partial charge < -0.3 is 4.90 Å². The van der Waals surface area contributed by atoms with Crippen molar-refractivity contribution in [2.45, 2.75) is 65.0 Å². The van der Waals surface area contributed by atoms with Crippen LogP contribution in [0.1, 0.15) is 57.7 Å². The van der Waals surface area contributed by atoms with Gasteiger partial charge in [0.05, 0.1) is 6.54 Å². The highest BCUT2D eigenvalue weighted by molar-refractivity contribution is 5.79. The fourth-order valence-electron chi connectivity index (χ4n) is 3.81. The van der Waals surface area contributed by atoms with E-state index >= 15 is 0 Å². The second kappa shape index (κ2) is 8.55. The van der Waals surface area contributed by atoms with Crippen LogP contribution >= 0.6 is 0 Å². The Kier molecular flexibility index (Phi) is 6.18. The van der Waals surface area contributed by atoms with Gasteiger partial charge in [-0.1, -0.05) is 19.8 Å². The van der Waals surface area contributed by atoms with Gasteiger partial charge in [-0.05, 0) is 55.6 Å². The second-order valence-electron chi connectivity index (χ2n) is 7.11. The Morgan fingerprint density at radius 1 is 1.08 bits per heavy atom. The first kappa shape index (κ1) is 17.3. The zero-order chi connectivity index (χ0) is 16.8. The van der Waals surface area contributed by atoms with Gasteiger partial charge in [0.25, 0.3) is 0 Å². The van der Waals surface area contributed by atoms with Gasteiger partial charge in [-0.15, -0.1) is 5.10 Å². The van der Waals surface area contributed by atoms with Crippen molar-refractivity contribution < 1.29 is 4.79 Å². The largest absolute Gasteiger partial charge is 0.342 e. The van der Waals surface area contributed by atoms with Crippen molar-refractivity contribution in [2.75, 3.05) is 26.2 Å². The summed E-state index contributed by atoms with van der Waals surface area (Å²) in [5, 5.41) is 12.0. The number of likely N-dealkylation sites (tertiary alicyclic amines) is 2. The molecule has 1 aromatic heterocycles. The van der Waals surface area contributed by atoms with Crippen LogP contribution < -0.4 is 0 Å². The van der Waals surface area contributed by atoms with Crippen molar-refractivity contribution in [1.82, 2.24) is 30.0 Å². The number of tetrazole rings is 1. The van der Waals surface area contributed by atoms with Gasteiger partial charge in [0.1, 0.15) is 0 Å². The number of hydrogen-bond donors (Lipinski definition) is 0. The van der Waals surface area contributed by atoms with Crippen molar-refractivity contribution in [1.29, 1.82) is 0 Å². The Morgan fingerprint density at radius 3 is 2.46 bits per heavy atom. The van der Waals surface area contributed by atoms with E-state index in [1.54, 1.807) is 0 Å². The molecular formula is C17H30N6O. The number of nitrogens with zero attached hydrogens (tertiary/aromatic N) is 6. The first-order valence-electron chi connectivity index (χ1n) is 9.54. The molecule has 7 heteroatoms. The van der Waals surface area contributed by atoms with Crippen LogP contribution in [0.15, 0.2) is 0 Å². The maximum absolute atomic E-state index is 12.7. The first-order valence-corrected chi connectivity index (χ1v) is 9.54. The fraction of sp³-hybridized carbons (Fsp3) is 0.882. The summed E-state index contributed by atoms with van der Waals surface area (Å²) in [5.41, 5.74) is 0. The number of carbonyl (C=O) groups excluding carboxylic acids is 1. The fourth-order valence-corrected chi connectivity index (χ4v) is 3.81. The van der Waals surface area contributed by atoms with Gasteiger partial charge >= 0.3 is 0 Å². The van der Waals surface area contributed by atoms with E-state index in [1.807, 2.05) is 4.68 Å². The van der Waals surface area contributed by atoms with Crippen molar-refractivity contribution in [3.05, 3.63) is 5.82 Å². The van der Waals surface area contributed by atoms with E-state index in [-0.39, 0.29) is 5.92 Å². The molecule has 0 aromatic carbocycles. The Labute approximate surface area is 144 Å². The van der Waals surface area contributed by atoms with E-state index in [4.69, 9.17) is 0 Å². The van der Waals surface area contributed by atoms with E-state index in [1.165, 1.54) is 25.7 Å². The molecule has 134 valence electrons. The van der Waals surface area contributed by atoms with Gasteiger partial charge in [0.15, 0.2) is 5.82 Å². The van der Waals surface area contributed by atoms with Crippen LogP contribution in [-0.2, 0) is 17.9 Å². The molecule has 2 saturated heterocycles. The van der Waals surface area contributed by atoms with Gasteiger partial charge in [-0.3, -0.25) is 9.69 Å². The summed E-state index contributed by atoms with van der Waals surface area (Å²) in [6.07, 6.45) is 7.85. The molecule has 1 amide bonds. The minimum Gasteiger partial charge on any atom is -0.342 e. The van der Waals surface area contributed by atoms with E-state index < -0.39 is 0 Å². The second-order valence-corrected chi connectivity index (χ2v) is 7.11. The van der Waals surface area contributed by atoms with Crippen molar-refractivity contribution in [3.8, 4) is 0 Å². The molecule has 7 nitrogen and oxygen atoms in total. The van der Waals surface area contributed by atoms with Crippen LogP contribution in [0.5, 0.6) is 0 Å². The highest BCUT2D eigenvalue weighted by Gasteiger charge is 2.29. The maximum Gasteiger partial charge on any atom is 0.225 e. The lowest BCUT2D eigenvalue weighted by Crippen LogP contribution is -2.43. The molecule has 0 N–H and O–H groups in total. The van der Waals surface area contributed by atoms with Gasteiger partial charge in [-0.25, -0.2) is 4.68 Å². The topological polar surface area (TPSA) is 67.2 Å². The molecule has 0 aliphatic carbocycles. The molecule has 0 saturated carbocycles. The van der Waals surface area contributed by atoms with Crippen LogP contribution in [0.4, 0.5) is 0 Å². The maximum atomic E-state index is 12.7. The van der Waals surface area contributed by atoms with Crippen LogP contribution in [0.25, 0.3) is 0 Å². The quantitative estimate of drug-likeness (QED) is 0.820. The molecule has 0 unspecified atom stereocenters. The SMILES string of the molecule is CCCn1nnnc1CN1CCC(C(=O)N2CCCCCC2)CC1. The number of rotatable bonds is 5. The van der Waals surface area contributed by atoms with Crippen molar-refractivity contribution in [3.63, 3.8) is 0 Å². The van der Waals surface area contributed by atoms with E-state index in [2.05, 4.69) is 32.2 Å². The van der Waals surface area contributed by atoms with Crippen LogP contribution in [0.3, 0.4) is 0 Å². The third kappa shape index (κ3) is 4.32. The Bertz CT molecular complexity index is 515. The Morgan fingerprint density at radius 2 is 1.79 bits per heavy atom. The molecule has 24 heavy (non-hydrogen) atoms. The summed E-state index contributed by atoms with van der Waals surface area (Å²) in [6, 6.07) is 0. The zero-order valence-electron chi connectivity index (χ0n) is 14.9. The highest BCUT2D eigenvalue weighted by Crippen LogP contribution is 2.22. The standard InChI is InChI=1S/C17H30N6O/c1-2-9-23-16(18-19-20-23)14-21-12-7-15(8-13-21)17(24)22-10-5-3-4-6-11-22/h15H,2-14H2,1H3.